The lowest BCUT2D eigenvalue weighted by atomic mass is 9.47. The van der Waals surface area contributed by atoms with Gasteiger partial charge in [-0.3, -0.25) is 4.79 Å². The van der Waals surface area contributed by atoms with Crippen molar-refractivity contribution in [3.05, 3.63) is 41.5 Å². The van der Waals surface area contributed by atoms with E-state index >= 15 is 0 Å². The SMILES string of the molecule is COc1ccccc1C1CC([C@H]2CC[C@H]3[C@@H]4CC=C5C[C@@H](O)CC[C@]5(C)[C@H]4CC[C@]23C)=NN1C1=NC(=O)CS1. The minimum Gasteiger partial charge on any atom is -0.496 e. The molecule has 0 radical (unpaired) electrons. The van der Waals surface area contributed by atoms with Crippen LogP contribution >= 0.6 is 11.8 Å². The van der Waals surface area contributed by atoms with Gasteiger partial charge in [-0.1, -0.05) is 55.5 Å². The molecule has 3 fully saturated rings. The van der Waals surface area contributed by atoms with Gasteiger partial charge in [-0.2, -0.15) is 10.1 Å². The van der Waals surface area contributed by atoms with Crippen LogP contribution in [0.3, 0.4) is 0 Å². The number of rotatable bonds is 3. The number of methoxy groups -OCH3 is 1. The first-order valence-corrected chi connectivity index (χ1v) is 15.9. The second kappa shape index (κ2) is 9.47. The Balaban J connectivity index is 1.20. The topological polar surface area (TPSA) is 74.5 Å². The highest BCUT2D eigenvalue weighted by Crippen LogP contribution is 2.67. The van der Waals surface area contributed by atoms with Crippen LogP contribution in [-0.2, 0) is 4.79 Å². The summed E-state index contributed by atoms with van der Waals surface area (Å²) in [5.74, 6) is 3.83. The van der Waals surface area contributed by atoms with Crippen molar-refractivity contribution < 1.29 is 14.6 Å². The standard InChI is InChI=1S/C32H41N3O3S/c1-31-14-12-20(36)16-19(31)8-9-21-23-10-11-25(32(23,2)15-13-24(21)31)26-17-27(22-6-4-5-7-28(22)38-3)35(34-26)30-33-29(37)18-39-30/h4-8,20-21,23-25,27,36H,9-18H2,1-3H3/t20-,21-,23-,24-,25+,27?,31-,32-/m0/s1. The van der Waals surface area contributed by atoms with Crippen LogP contribution in [-0.4, -0.2) is 45.9 Å². The fraction of sp³-hybridized carbons (Fsp3) is 0.656. The molecular weight excluding hydrogens is 506 g/mol. The number of fused-ring (bicyclic) bond motifs is 5. The van der Waals surface area contributed by atoms with E-state index in [1.54, 1.807) is 12.7 Å². The Morgan fingerprint density at radius 3 is 2.72 bits per heavy atom. The highest BCUT2D eigenvalue weighted by molar-refractivity contribution is 8.14. The van der Waals surface area contributed by atoms with E-state index in [4.69, 9.17) is 9.84 Å². The number of hydrogen-bond acceptors (Lipinski definition) is 6. The van der Waals surface area contributed by atoms with E-state index < -0.39 is 0 Å². The van der Waals surface area contributed by atoms with Gasteiger partial charge in [0.1, 0.15) is 5.75 Å². The number of para-hydroxylation sites is 1. The van der Waals surface area contributed by atoms with Crippen LogP contribution in [0.25, 0.3) is 0 Å². The number of hydrazone groups is 1. The first-order valence-electron chi connectivity index (χ1n) is 14.9. The lowest BCUT2D eigenvalue weighted by Crippen LogP contribution is -2.51. The van der Waals surface area contributed by atoms with Crippen LogP contribution < -0.4 is 4.74 Å². The van der Waals surface area contributed by atoms with Gasteiger partial charge in [0.15, 0.2) is 5.17 Å². The number of ether oxygens (including phenoxy) is 1. The van der Waals surface area contributed by atoms with Crippen LogP contribution in [0, 0.1) is 34.5 Å². The van der Waals surface area contributed by atoms with Crippen molar-refractivity contribution in [1.82, 2.24) is 5.01 Å². The zero-order chi connectivity index (χ0) is 26.9. The number of aliphatic hydroxyl groups excluding tert-OH is 1. The van der Waals surface area contributed by atoms with Crippen molar-refractivity contribution >= 4 is 28.5 Å². The normalized spacial score (nSPS) is 41.4. The fourth-order valence-corrected chi connectivity index (χ4v) is 10.5. The quantitative estimate of drug-likeness (QED) is 0.445. The molecule has 208 valence electrons. The summed E-state index contributed by atoms with van der Waals surface area (Å²) in [5, 5.41) is 18.4. The smallest absolute Gasteiger partial charge is 0.258 e. The number of benzene rings is 1. The molecule has 3 saturated carbocycles. The number of aliphatic imine (C=N–C) groups is 1. The first-order chi connectivity index (χ1) is 18.8. The average molecular weight is 548 g/mol. The number of thioether (sulfide) groups is 1. The molecule has 39 heavy (non-hydrogen) atoms. The summed E-state index contributed by atoms with van der Waals surface area (Å²) in [6.07, 6.45) is 12.4. The van der Waals surface area contributed by atoms with E-state index in [1.807, 2.05) is 17.1 Å². The molecule has 2 heterocycles. The molecule has 7 heteroatoms. The van der Waals surface area contributed by atoms with Crippen LogP contribution in [0.5, 0.6) is 5.75 Å². The summed E-state index contributed by atoms with van der Waals surface area (Å²) in [6.45, 7) is 5.07. The van der Waals surface area contributed by atoms with Gasteiger partial charge in [-0.25, -0.2) is 5.01 Å². The van der Waals surface area contributed by atoms with E-state index in [0.29, 0.717) is 17.6 Å². The van der Waals surface area contributed by atoms with Gasteiger partial charge >= 0.3 is 0 Å². The molecule has 7 rings (SSSR count). The largest absolute Gasteiger partial charge is 0.496 e. The predicted octanol–water partition coefficient (Wildman–Crippen LogP) is 6.37. The second-order valence-electron chi connectivity index (χ2n) is 13.3. The summed E-state index contributed by atoms with van der Waals surface area (Å²) in [6, 6.07) is 8.22. The van der Waals surface area contributed by atoms with Crippen molar-refractivity contribution in [2.24, 2.45) is 44.6 Å². The Bertz CT molecular complexity index is 1270. The van der Waals surface area contributed by atoms with E-state index in [1.165, 1.54) is 49.6 Å². The van der Waals surface area contributed by atoms with Crippen molar-refractivity contribution in [2.75, 3.05) is 12.9 Å². The lowest BCUT2D eigenvalue weighted by Gasteiger charge is -2.58. The Kier molecular flexibility index (Phi) is 6.27. The number of nitrogens with zero attached hydrogens (tertiary/aromatic N) is 3. The van der Waals surface area contributed by atoms with Gasteiger partial charge in [-0.15, -0.1) is 0 Å². The molecule has 1 unspecified atom stereocenters. The number of amides is 1. The third kappa shape index (κ3) is 3.97. The summed E-state index contributed by atoms with van der Waals surface area (Å²) < 4.78 is 5.76. The molecule has 1 aromatic carbocycles. The molecule has 6 aliphatic rings. The zero-order valence-corrected chi connectivity index (χ0v) is 24.3. The molecule has 1 amide bonds. The van der Waals surface area contributed by atoms with Crippen molar-refractivity contribution in [3.8, 4) is 5.75 Å². The highest BCUT2D eigenvalue weighted by Gasteiger charge is 2.60. The number of carbonyl (C=O) groups is 1. The molecule has 0 aromatic heterocycles. The summed E-state index contributed by atoms with van der Waals surface area (Å²) in [4.78, 5) is 16.5. The summed E-state index contributed by atoms with van der Waals surface area (Å²) in [5.41, 5.74) is 4.46. The van der Waals surface area contributed by atoms with Gasteiger partial charge in [0.25, 0.3) is 5.91 Å². The van der Waals surface area contributed by atoms with Crippen molar-refractivity contribution in [1.29, 1.82) is 0 Å². The van der Waals surface area contributed by atoms with Crippen molar-refractivity contribution in [2.45, 2.75) is 83.8 Å². The van der Waals surface area contributed by atoms with Crippen LogP contribution in [0.1, 0.15) is 83.2 Å². The minimum atomic E-state index is -0.150. The van der Waals surface area contributed by atoms with E-state index in [0.717, 1.165) is 54.0 Å². The average Bonchev–Trinajstić information content (AvgIpc) is 3.65. The maximum atomic E-state index is 12.1. The van der Waals surface area contributed by atoms with Gasteiger partial charge in [0.2, 0.25) is 0 Å². The maximum Gasteiger partial charge on any atom is 0.258 e. The Morgan fingerprint density at radius 2 is 1.92 bits per heavy atom. The molecule has 1 N–H and O–H groups in total. The molecule has 6 nitrogen and oxygen atoms in total. The molecule has 0 saturated heterocycles. The molecular formula is C32H41N3O3S. The molecule has 4 aliphatic carbocycles. The Hall–Kier alpha value is -2.12. The van der Waals surface area contributed by atoms with E-state index in [-0.39, 0.29) is 28.9 Å². The minimum absolute atomic E-state index is 0.0000357. The summed E-state index contributed by atoms with van der Waals surface area (Å²) >= 11 is 1.51. The molecule has 0 bridgehead atoms. The highest BCUT2D eigenvalue weighted by atomic mass is 32.2. The first kappa shape index (κ1) is 25.8. The zero-order valence-electron chi connectivity index (χ0n) is 23.4. The monoisotopic (exact) mass is 547 g/mol. The van der Waals surface area contributed by atoms with Gasteiger partial charge in [0.05, 0.1) is 25.0 Å². The maximum absolute atomic E-state index is 12.1. The Morgan fingerprint density at radius 1 is 1.08 bits per heavy atom. The number of hydrogen-bond donors (Lipinski definition) is 1. The van der Waals surface area contributed by atoms with Gasteiger partial charge in [0, 0.05) is 23.6 Å². The predicted molar refractivity (Wildman–Crippen MR) is 156 cm³/mol. The van der Waals surface area contributed by atoms with Crippen molar-refractivity contribution in [3.63, 3.8) is 0 Å². The van der Waals surface area contributed by atoms with Crippen LogP contribution in [0.2, 0.25) is 0 Å². The number of carbonyl (C=O) groups excluding carboxylic acids is 1. The molecule has 8 atom stereocenters. The van der Waals surface area contributed by atoms with Gasteiger partial charge in [-0.05, 0) is 86.0 Å². The van der Waals surface area contributed by atoms with E-state index in [9.17, 15) is 9.90 Å². The Labute approximate surface area is 236 Å². The summed E-state index contributed by atoms with van der Waals surface area (Å²) in [7, 11) is 1.73. The third-order valence-electron chi connectivity index (χ3n) is 11.7. The molecule has 0 spiro atoms. The fourth-order valence-electron chi connectivity index (χ4n) is 9.71. The third-order valence-corrected chi connectivity index (χ3v) is 12.6. The van der Waals surface area contributed by atoms with Crippen LogP contribution in [0.4, 0.5) is 0 Å². The number of allylic oxidation sites excluding steroid dienone is 1. The molecule has 1 aromatic rings. The number of amidine groups is 1. The molecule has 2 aliphatic heterocycles. The lowest BCUT2D eigenvalue weighted by molar-refractivity contribution is -0.115. The van der Waals surface area contributed by atoms with Crippen LogP contribution in [0.15, 0.2) is 46.0 Å². The second-order valence-corrected chi connectivity index (χ2v) is 14.2. The van der Waals surface area contributed by atoms with Gasteiger partial charge < -0.3 is 9.84 Å². The number of aliphatic hydroxyl groups is 1. The van der Waals surface area contributed by atoms with E-state index in [2.05, 4.69) is 37.0 Å².